The van der Waals surface area contributed by atoms with Gasteiger partial charge in [-0.3, -0.25) is 14.6 Å². The van der Waals surface area contributed by atoms with Crippen molar-refractivity contribution >= 4 is 11.8 Å². The number of hydrogen-bond acceptors (Lipinski definition) is 4. The Morgan fingerprint density at radius 2 is 2.00 bits per heavy atom. The molecule has 0 saturated heterocycles. The van der Waals surface area contributed by atoms with E-state index in [4.69, 9.17) is 5.11 Å². The van der Waals surface area contributed by atoms with Crippen molar-refractivity contribution in [1.29, 1.82) is 0 Å². The van der Waals surface area contributed by atoms with Crippen LogP contribution in [0.3, 0.4) is 0 Å². The molecule has 0 spiro atoms. The van der Waals surface area contributed by atoms with E-state index in [1.165, 1.54) is 0 Å². The van der Waals surface area contributed by atoms with Gasteiger partial charge < -0.3 is 10.1 Å². The molecule has 1 aromatic heterocycles. The van der Waals surface area contributed by atoms with E-state index < -0.39 is 29.4 Å². The molecule has 0 saturated carbocycles. The molecule has 0 aromatic carbocycles. The van der Waals surface area contributed by atoms with Crippen LogP contribution in [0, 0.1) is 0 Å². The summed E-state index contributed by atoms with van der Waals surface area (Å²) < 4.78 is 0. The minimum absolute atomic E-state index is 0.0861. The number of aromatic nitrogens is 2. The summed E-state index contributed by atoms with van der Waals surface area (Å²) in [6.07, 6.45) is 0.476. The number of hydrogen-bond donors (Lipinski definition) is 3. The Hall–Kier alpha value is -2.18. The molecule has 0 fully saturated rings. The Morgan fingerprint density at radius 3 is 2.50 bits per heavy atom. The van der Waals surface area contributed by atoms with Crippen molar-refractivity contribution in [3.05, 3.63) is 32.6 Å². The second kappa shape index (κ2) is 3.69. The number of carbonyl (C=O) groups excluding carboxylic acids is 1. The van der Waals surface area contributed by atoms with Gasteiger partial charge in [-0.05, 0) is 0 Å². The van der Waals surface area contributed by atoms with E-state index in [1.807, 2.05) is 4.98 Å². The van der Waals surface area contributed by atoms with Crippen LogP contribution in [-0.2, 0) is 16.0 Å². The topological polar surface area (TPSA) is 120 Å². The number of aliphatic carboxylic acids is 1. The highest BCUT2D eigenvalue weighted by atomic mass is 16.4. The van der Waals surface area contributed by atoms with Crippen molar-refractivity contribution in [2.24, 2.45) is 0 Å². The minimum Gasteiger partial charge on any atom is -0.475 e. The fourth-order valence-corrected chi connectivity index (χ4v) is 0.818. The first-order valence-electron chi connectivity index (χ1n) is 3.57. The maximum atomic E-state index is 11.0. The maximum absolute atomic E-state index is 11.0. The highest BCUT2D eigenvalue weighted by Crippen LogP contribution is 1.88. The van der Waals surface area contributed by atoms with Crippen molar-refractivity contribution < 1.29 is 14.7 Å². The van der Waals surface area contributed by atoms with Gasteiger partial charge in [-0.15, -0.1) is 0 Å². The maximum Gasteiger partial charge on any atom is 0.372 e. The Morgan fingerprint density at radius 1 is 1.36 bits per heavy atom. The van der Waals surface area contributed by atoms with Gasteiger partial charge in [0.25, 0.3) is 5.56 Å². The van der Waals surface area contributed by atoms with Crippen molar-refractivity contribution in [3.8, 4) is 0 Å². The van der Waals surface area contributed by atoms with Gasteiger partial charge >= 0.3 is 11.7 Å². The third-order valence-electron chi connectivity index (χ3n) is 1.49. The molecule has 0 unspecified atom stereocenters. The summed E-state index contributed by atoms with van der Waals surface area (Å²) in [4.78, 5) is 46.4. The predicted octanol–water partition coefficient (Wildman–Crippen LogP) is -1.74. The standard InChI is InChI=1S/C7H6N2O5/c10-4(6(12)13)1-3-2-8-7(14)9-5(3)11/h2H,1H2,(H,12,13)(H2,8,9,11,14). The Labute approximate surface area is 76.4 Å². The van der Waals surface area contributed by atoms with Gasteiger partial charge in [0.15, 0.2) is 0 Å². The van der Waals surface area contributed by atoms with Crippen LogP contribution in [0.1, 0.15) is 5.56 Å². The Bertz CT molecular complexity index is 483. The average Bonchev–Trinajstić information content (AvgIpc) is 2.09. The number of rotatable bonds is 3. The van der Waals surface area contributed by atoms with Crippen LogP contribution in [0.2, 0.25) is 0 Å². The van der Waals surface area contributed by atoms with Crippen molar-refractivity contribution in [2.45, 2.75) is 6.42 Å². The van der Waals surface area contributed by atoms with E-state index in [0.717, 1.165) is 6.20 Å². The van der Waals surface area contributed by atoms with E-state index in [0.29, 0.717) is 0 Å². The third-order valence-corrected chi connectivity index (χ3v) is 1.49. The molecule has 0 bridgehead atoms. The van der Waals surface area contributed by atoms with Gasteiger partial charge in [0.1, 0.15) is 0 Å². The molecule has 0 amide bonds. The monoisotopic (exact) mass is 198 g/mol. The summed E-state index contributed by atoms with van der Waals surface area (Å²) in [7, 11) is 0. The zero-order valence-corrected chi connectivity index (χ0v) is 6.86. The highest BCUT2D eigenvalue weighted by Gasteiger charge is 2.14. The Kier molecular flexibility index (Phi) is 2.61. The number of carbonyl (C=O) groups is 2. The van der Waals surface area contributed by atoms with Gasteiger partial charge in [-0.25, -0.2) is 9.59 Å². The van der Waals surface area contributed by atoms with Gasteiger partial charge in [0, 0.05) is 18.2 Å². The van der Waals surface area contributed by atoms with Crippen LogP contribution in [-0.4, -0.2) is 26.8 Å². The van der Waals surface area contributed by atoms with Crippen LogP contribution < -0.4 is 11.2 Å². The van der Waals surface area contributed by atoms with E-state index in [-0.39, 0.29) is 5.56 Å². The molecule has 0 aliphatic carbocycles. The van der Waals surface area contributed by atoms with Gasteiger partial charge in [-0.1, -0.05) is 0 Å². The lowest BCUT2D eigenvalue weighted by Gasteiger charge is -1.94. The lowest BCUT2D eigenvalue weighted by atomic mass is 10.2. The summed E-state index contributed by atoms with van der Waals surface area (Å²) in [5, 5.41) is 8.26. The summed E-state index contributed by atoms with van der Waals surface area (Å²) in [6.45, 7) is 0. The number of carboxylic acids is 1. The zero-order chi connectivity index (χ0) is 10.7. The van der Waals surface area contributed by atoms with E-state index in [9.17, 15) is 19.2 Å². The SMILES string of the molecule is O=C(O)C(=O)Cc1c[nH]c(=O)[nH]c1=O. The lowest BCUT2D eigenvalue weighted by molar-refractivity contribution is -0.148. The second-order valence-electron chi connectivity index (χ2n) is 2.50. The molecule has 7 heteroatoms. The van der Waals surface area contributed by atoms with Crippen LogP contribution in [0.5, 0.6) is 0 Å². The summed E-state index contributed by atoms with van der Waals surface area (Å²) >= 11 is 0. The number of ketones is 1. The molecule has 1 rings (SSSR count). The minimum atomic E-state index is -1.62. The molecule has 74 valence electrons. The molecule has 0 aliphatic heterocycles. The molecule has 1 aromatic rings. The summed E-state index contributed by atoms with van der Waals surface area (Å²) in [5.74, 6) is -2.72. The number of carboxylic acid groups (broad SMARTS) is 1. The lowest BCUT2D eigenvalue weighted by Crippen LogP contribution is -2.27. The fraction of sp³-hybridized carbons (Fsp3) is 0.143. The van der Waals surface area contributed by atoms with Crippen molar-refractivity contribution in [2.75, 3.05) is 0 Å². The molecule has 0 aliphatic rings. The van der Waals surface area contributed by atoms with Gasteiger partial charge in [0.05, 0.1) is 0 Å². The zero-order valence-electron chi connectivity index (χ0n) is 6.86. The predicted molar refractivity (Wildman–Crippen MR) is 44.0 cm³/mol. The molecule has 3 N–H and O–H groups in total. The largest absolute Gasteiger partial charge is 0.475 e. The molecule has 7 nitrogen and oxygen atoms in total. The molecule has 0 radical (unpaired) electrons. The van der Waals surface area contributed by atoms with Crippen LogP contribution >= 0.6 is 0 Å². The number of aromatic amines is 2. The molecule has 1 heterocycles. The molecular weight excluding hydrogens is 192 g/mol. The van der Waals surface area contributed by atoms with E-state index >= 15 is 0 Å². The number of H-pyrrole nitrogens is 2. The third kappa shape index (κ3) is 2.16. The van der Waals surface area contributed by atoms with Gasteiger partial charge in [0.2, 0.25) is 5.78 Å². The van der Waals surface area contributed by atoms with E-state index in [2.05, 4.69) is 4.98 Å². The Balaban J connectivity index is 2.99. The molecule has 0 atom stereocenters. The number of nitrogens with one attached hydrogen (secondary N) is 2. The quantitative estimate of drug-likeness (QED) is 0.498. The fourth-order valence-electron chi connectivity index (χ4n) is 0.818. The first-order chi connectivity index (χ1) is 6.50. The van der Waals surface area contributed by atoms with Crippen molar-refractivity contribution in [3.63, 3.8) is 0 Å². The molecule has 14 heavy (non-hydrogen) atoms. The first kappa shape index (κ1) is 9.90. The van der Waals surface area contributed by atoms with Crippen molar-refractivity contribution in [1.82, 2.24) is 9.97 Å². The van der Waals surface area contributed by atoms with Crippen LogP contribution in [0.4, 0.5) is 0 Å². The summed E-state index contributed by atoms with van der Waals surface area (Å²) in [6, 6.07) is 0. The normalized spacial score (nSPS) is 9.71. The smallest absolute Gasteiger partial charge is 0.372 e. The summed E-state index contributed by atoms with van der Waals surface area (Å²) in [5.41, 5.74) is -1.55. The second-order valence-corrected chi connectivity index (χ2v) is 2.50. The van der Waals surface area contributed by atoms with Crippen LogP contribution in [0.15, 0.2) is 15.8 Å². The number of Topliss-reactive ketones (excluding diaryl/α,β-unsaturated/α-hetero) is 1. The van der Waals surface area contributed by atoms with E-state index in [1.54, 1.807) is 0 Å². The first-order valence-corrected chi connectivity index (χ1v) is 3.57. The van der Waals surface area contributed by atoms with Gasteiger partial charge in [-0.2, -0.15) is 0 Å². The molecular formula is C7H6N2O5. The highest BCUT2D eigenvalue weighted by molar-refractivity contribution is 6.33. The average molecular weight is 198 g/mol. The van der Waals surface area contributed by atoms with Crippen LogP contribution in [0.25, 0.3) is 0 Å².